The van der Waals surface area contributed by atoms with Crippen molar-refractivity contribution in [1.29, 1.82) is 0 Å². The minimum Gasteiger partial charge on any atom is -0.464 e. The summed E-state index contributed by atoms with van der Waals surface area (Å²) in [7, 11) is 0. The van der Waals surface area contributed by atoms with Crippen molar-refractivity contribution in [2.45, 2.75) is 51.7 Å². The summed E-state index contributed by atoms with van der Waals surface area (Å²) in [6.07, 6.45) is -0.0694. The minimum atomic E-state index is -1.10. The molecule has 2 aliphatic rings. The van der Waals surface area contributed by atoms with E-state index < -0.39 is 23.2 Å². The van der Waals surface area contributed by atoms with E-state index in [0.29, 0.717) is 6.42 Å². The second-order valence-corrected chi connectivity index (χ2v) is 5.96. The van der Waals surface area contributed by atoms with E-state index in [1.165, 1.54) is 0 Å². The van der Waals surface area contributed by atoms with Gasteiger partial charge in [0.2, 0.25) is 5.91 Å². The van der Waals surface area contributed by atoms with Gasteiger partial charge in [0.15, 0.2) is 5.54 Å². The van der Waals surface area contributed by atoms with E-state index in [1.54, 1.807) is 27.7 Å². The van der Waals surface area contributed by atoms with Gasteiger partial charge in [0.05, 0.1) is 6.61 Å². The van der Waals surface area contributed by atoms with Crippen LogP contribution < -0.4 is 0 Å². The van der Waals surface area contributed by atoms with Crippen LogP contribution in [0.3, 0.4) is 0 Å². The maximum atomic E-state index is 12.1. The van der Waals surface area contributed by atoms with Gasteiger partial charge in [-0.1, -0.05) is 0 Å². The monoisotopic (exact) mass is 269 g/mol. The molecule has 2 atom stereocenters. The van der Waals surface area contributed by atoms with E-state index in [9.17, 15) is 14.4 Å². The standard InChI is InChI=1S/C13H19NO5/c1-5-18-10(16)13-7-8(13)6-9(15)14(13)11(17)19-12(2,3)4/h8H,5-7H2,1-4H3. The van der Waals surface area contributed by atoms with Gasteiger partial charge in [0, 0.05) is 12.3 Å². The number of carbonyl (C=O) groups is 3. The van der Waals surface area contributed by atoms with Crippen molar-refractivity contribution in [3.05, 3.63) is 0 Å². The lowest BCUT2D eigenvalue weighted by atomic mass is 10.2. The lowest BCUT2D eigenvalue weighted by Crippen LogP contribution is -2.50. The molecule has 0 aromatic carbocycles. The van der Waals surface area contributed by atoms with Gasteiger partial charge in [-0.05, 0) is 34.1 Å². The maximum Gasteiger partial charge on any atom is 0.418 e. The van der Waals surface area contributed by atoms with Crippen LogP contribution in [0, 0.1) is 5.92 Å². The van der Waals surface area contributed by atoms with Crippen LogP contribution in [-0.2, 0) is 19.1 Å². The lowest BCUT2D eigenvalue weighted by molar-refractivity contribution is -0.154. The molecule has 1 aliphatic heterocycles. The Morgan fingerprint density at radius 1 is 1.42 bits per heavy atom. The average Bonchev–Trinajstić information content (AvgIpc) is 2.84. The molecule has 2 amide bonds. The molecule has 1 saturated heterocycles. The van der Waals surface area contributed by atoms with Crippen LogP contribution in [-0.4, -0.2) is 40.6 Å². The fourth-order valence-electron chi connectivity index (χ4n) is 2.53. The van der Waals surface area contributed by atoms with E-state index in [-0.39, 0.29) is 24.9 Å². The normalized spacial score (nSPS) is 28.9. The molecule has 6 heteroatoms. The number of hydrogen-bond donors (Lipinski definition) is 0. The third-order valence-electron chi connectivity index (χ3n) is 3.35. The minimum absolute atomic E-state index is 0.119. The zero-order valence-electron chi connectivity index (χ0n) is 11.7. The highest BCUT2D eigenvalue weighted by Gasteiger charge is 2.73. The van der Waals surface area contributed by atoms with Crippen LogP contribution in [0.1, 0.15) is 40.5 Å². The third-order valence-corrected chi connectivity index (χ3v) is 3.35. The molecule has 19 heavy (non-hydrogen) atoms. The first kappa shape index (κ1) is 13.8. The third kappa shape index (κ3) is 2.19. The predicted octanol–water partition coefficient (Wildman–Crippen LogP) is 1.48. The number of likely N-dealkylation sites (tertiary alicyclic amines) is 1. The Bertz CT molecular complexity index is 439. The molecule has 0 aromatic heterocycles. The molecule has 0 spiro atoms. The van der Waals surface area contributed by atoms with E-state index >= 15 is 0 Å². The Labute approximate surface area is 112 Å². The Balaban J connectivity index is 2.20. The fraction of sp³-hybridized carbons (Fsp3) is 0.769. The summed E-state index contributed by atoms with van der Waals surface area (Å²) in [6, 6.07) is 0. The summed E-state index contributed by atoms with van der Waals surface area (Å²) in [5, 5.41) is 0. The number of fused-ring (bicyclic) bond motifs is 1. The number of piperidine rings is 1. The molecule has 106 valence electrons. The Hall–Kier alpha value is -1.59. The van der Waals surface area contributed by atoms with Crippen molar-refractivity contribution >= 4 is 18.0 Å². The molecule has 2 rings (SSSR count). The molecule has 1 aliphatic carbocycles. The van der Waals surface area contributed by atoms with Crippen LogP contribution >= 0.6 is 0 Å². The SMILES string of the molecule is CCOC(=O)C12CC1CC(=O)N2C(=O)OC(C)(C)C. The second kappa shape index (κ2) is 4.21. The van der Waals surface area contributed by atoms with Gasteiger partial charge >= 0.3 is 12.1 Å². The zero-order chi connectivity index (χ0) is 14.4. The predicted molar refractivity (Wildman–Crippen MR) is 65.2 cm³/mol. The molecular formula is C13H19NO5. The first-order valence-corrected chi connectivity index (χ1v) is 6.45. The first-order valence-electron chi connectivity index (χ1n) is 6.45. The molecule has 2 unspecified atom stereocenters. The summed E-state index contributed by atoms with van der Waals surface area (Å²) < 4.78 is 10.2. The van der Waals surface area contributed by atoms with Crippen LogP contribution in [0.15, 0.2) is 0 Å². The summed E-state index contributed by atoms with van der Waals surface area (Å²) in [4.78, 5) is 36.9. The van der Waals surface area contributed by atoms with Crippen molar-refractivity contribution in [1.82, 2.24) is 4.90 Å². The maximum absolute atomic E-state index is 12.1. The molecular weight excluding hydrogens is 250 g/mol. The van der Waals surface area contributed by atoms with Gasteiger partial charge in [0.25, 0.3) is 0 Å². The number of carbonyl (C=O) groups excluding carboxylic acids is 3. The van der Waals surface area contributed by atoms with Crippen molar-refractivity contribution < 1.29 is 23.9 Å². The van der Waals surface area contributed by atoms with Crippen molar-refractivity contribution in [2.24, 2.45) is 5.92 Å². The summed E-state index contributed by atoms with van der Waals surface area (Å²) >= 11 is 0. The summed E-state index contributed by atoms with van der Waals surface area (Å²) in [5.74, 6) is -0.984. The van der Waals surface area contributed by atoms with Crippen LogP contribution in [0.5, 0.6) is 0 Å². The largest absolute Gasteiger partial charge is 0.464 e. The van der Waals surface area contributed by atoms with Gasteiger partial charge in [-0.15, -0.1) is 0 Å². The highest BCUT2D eigenvalue weighted by molar-refractivity contribution is 6.05. The average molecular weight is 269 g/mol. The lowest BCUT2D eigenvalue weighted by Gasteiger charge is -2.28. The van der Waals surface area contributed by atoms with E-state index in [2.05, 4.69) is 0 Å². The van der Waals surface area contributed by atoms with Gasteiger partial charge in [-0.2, -0.15) is 0 Å². The Morgan fingerprint density at radius 2 is 2.05 bits per heavy atom. The first-order chi connectivity index (χ1) is 8.72. The molecule has 1 saturated carbocycles. The van der Waals surface area contributed by atoms with Crippen molar-refractivity contribution in [3.63, 3.8) is 0 Å². The number of amides is 2. The summed E-state index contributed by atoms with van der Waals surface area (Å²) in [6.45, 7) is 7.07. The van der Waals surface area contributed by atoms with Crippen LogP contribution in [0.25, 0.3) is 0 Å². The molecule has 1 heterocycles. The van der Waals surface area contributed by atoms with Crippen molar-refractivity contribution in [2.75, 3.05) is 6.61 Å². The molecule has 0 N–H and O–H groups in total. The van der Waals surface area contributed by atoms with Gasteiger partial charge in [0.1, 0.15) is 5.60 Å². The molecule has 0 bridgehead atoms. The van der Waals surface area contributed by atoms with E-state index in [0.717, 1.165) is 4.90 Å². The van der Waals surface area contributed by atoms with Gasteiger partial charge in [-0.25, -0.2) is 14.5 Å². The number of hydrogen-bond acceptors (Lipinski definition) is 5. The second-order valence-electron chi connectivity index (χ2n) is 5.96. The fourth-order valence-corrected chi connectivity index (χ4v) is 2.53. The smallest absolute Gasteiger partial charge is 0.418 e. The summed E-state index contributed by atoms with van der Waals surface area (Å²) in [5.41, 5.74) is -1.81. The Kier molecular flexibility index (Phi) is 3.07. The number of esters is 1. The molecule has 2 fully saturated rings. The highest BCUT2D eigenvalue weighted by Crippen LogP contribution is 2.57. The Morgan fingerprint density at radius 3 is 2.58 bits per heavy atom. The van der Waals surface area contributed by atoms with Crippen LogP contribution in [0.4, 0.5) is 4.79 Å². The van der Waals surface area contributed by atoms with Gasteiger partial charge < -0.3 is 9.47 Å². The molecule has 6 nitrogen and oxygen atoms in total. The number of nitrogens with zero attached hydrogens (tertiary/aromatic N) is 1. The van der Waals surface area contributed by atoms with Crippen LogP contribution in [0.2, 0.25) is 0 Å². The molecule has 0 radical (unpaired) electrons. The van der Waals surface area contributed by atoms with Gasteiger partial charge in [-0.3, -0.25) is 4.79 Å². The number of rotatable bonds is 2. The highest BCUT2D eigenvalue weighted by atomic mass is 16.6. The number of imide groups is 1. The zero-order valence-corrected chi connectivity index (χ0v) is 11.7. The van der Waals surface area contributed by atoms with Crippen molar-refractivity contribution in [3.8, 4) is 0 Å². The van der Waals surface area contributed by atoms with E-state index in [1.807, 2.05) is 0 Å². The van der Waals surface area contributed by atoms with E-state index in [4.69, 9.17) is 9.47 Å². The quantitative estimate of drug-likeness (QED) is 0.710. The number of ether oxygens (including phenoxy) is 2. The molecule has 0 aromatic rings. The topological polar surface area (TPSA) is 72.9 Å².